The highest BCUT2D eigenvalue weighted by Crippen LogP contribution is 2.37. The topological polar surface area (TPSA) is 38.0 Å². The Morgan fingerprint density at radius 3 is 2.00 bits per heavy atom. The Labute approximate surface area is 174 Å². The van der Waals surface area contributed by atoms with Crippen molar-refractivity contribution < 1.29 is 0 Å². The van der Waals surface area contributed by atoms with Crippen LogP contribution in [0.3, 0.4) is 0 Å². The summed E-state index contributed by atoms with van der Waals surface area (Å²) in [5.74, 6) is 0. The van der Waals surface area contributed by atoms with Gasteiger partial charge in [0, 0.05) is 16.5 Å². The summed E-state index contributed by atoms with van der Waals surface area (Å²) in [6, 6.07) is 36.3. The second-order valence-electron chi connectivity index (χ2n) is 7.76. The first-order valence-corrected chi connectivity index (χ1v) is 10.2. The maximum absolute atomic E-state index is 6.63. The molecule has 0 atom stereocenters. The van der Waals surface area contributed by atoms with Crippen LogP contribution in [0.5, 0.6) is 0 Å². The van der Waals surface area contributed by atoms with E-state index in [0.717, 1.165) is 22.4 Å². The molecule has 0 aliphatic rings. The molecule has 0 heterocycles. The molecule has 6 aromatic carbocycles. The molecule has 0 radical (unpaired) electrons. The quantitative estimate of drug-likeness (QED) is 0.183. The van der Waals surface area contributed by atoms with Crippen molar-refractivity contribution in [3.05, 3.63) is 103 Å². The molecule has 0 saturated heterocycles. The van der Waals surface area contributed by atoms with Crippen molar-refractivity contribution in [2.45, 2.75) is 0 Å². The summed E-state index contributed by atoms with van der Waals surface area (Å²) in [7, 11) is 0. The lowest BCUT2D eigenvalue weighted by Gasteiger charge is -2.15. The molecule has 6 rings (SSSR count). The average Bonchev–Trinajstić information content (AvgIpc) is 2.79. The Kier molecular flexibility index (Phi) is 3.65. The van der Waals surface area contributed by atoms with Gasteiger partial charge in [0.2, 0.25) is 0 Å². The molecule has 2 nitrogen and oxygen atoms in total. The highest BCUT2D eigenvalue weighted by atomic mass is 14.9. The van der Waals surface area contributed by atoms with Crippen LogP contribution in [0.25, 0.3) is 43.1 Å². The minimum Gasteiger partial charge on any atom is -0.397 e. The lowest BCUT2D eigenvalue weighted by molar-refractivity contribution is 1.60. The minimum absolute atomic E-state index is 0.774. The molecule has 30 heavy (non-hydrogen) atoms. The van der Waals surface area contributed by atoms with Gasteiger partial charge >= 0.3 is 0 Å². The molecule has 0 aliphatic heterocycles. The fourth-order valence-corrected chi connectivity index (χ4v) is 4.44. The summed E-state index contributed by atoms with van der Waals surface area (Å²) in [4.78, 5) is 0. The third-order valence-corrected chi connectivity index (χ3v) is 5.98. The summed E-state index contributed by atoms with van der Waals surface area (Å²) in [5, 5.41) is 13.2. The SMILES string of the molecule is Nc1c(Nc2cccc3cc4ccccc4cc23)ccc2c1ccc1ccccc12. The van der Waals surface area contributed by atoms with Gasteiger partial charge in [-0.3, -0.25) is 0 Å². The molecule has 0 amide bonds. The van der Waals surface area contributed by atoms with Crippen LogP contribution in [0.1, 0.15) is 0 Å². The number of anilines is 3. The van der Waals surface area contributed by atoms with Gasteiger partial charge in [-0.2, -0.15) is 0 Å². The number of nitrogens with two attached hydrogens (primary N) is 1. The third kappa shape index (κ3) is 2.58. The van der Waals surface area contributed by atoms with E-state index < -0.39 is 0 Å². The lowest BCUT2D eigenvalue weighted by Crippen LogP contribution is -1.98. The van der Waals surface area contributed by atoms with Crippen LogP contribution in [0.15, 0.2) is 103 Å². The molecule has 0 fully saturated rings. The van der Waals surface area contributed by atoms with Crippen molar-refractivity contribution in [3.8, 4) is 0 Å². The highest BCUT2D eigenvalue weighted by Gasteiger charge is 2.09. The monoisotopic (exact) mass is 384 g/mol. The predicted molar refractivity (Wildman–Crippen MR) is 131 cm³/mol. The molecule has 6 aromatic rings. The molecule has 0 saturated carbocycles. The van der Waals surface area contributed by atoms with Crippen molar-refractivity contribution in [2.75, 3.05) is 11.1 Å². The number of nitrogens with one attached hydrogen (secondary N) is 1. The molecular weight excluding hydrogens is 364 g/mol. The van der Waals surface area contributed by atoms with Gasteiger partial charge in [0.05, 0.1) is 11.4 Å². The smallest absolute Gasteiger partial charge is 0.0633 e. The van der Waals surface area contributed by atoms with Crippen LogP contribution in [0.2, 0.25) is 0 Å². The zero-order valence-corrected chi connectivity index (χ0v) is 16.4. The van der Waals surface area contributed by atoms with Crippen LogP contribution in [0.4, 0.5) is 17.1 Å². The van der Waals surface area contributed by atoms with Crippen molar-refractivity contribution in [1.29, 1.82) is 0 Å². The molecule has 0 unspecified atom stereocenters. The number of hydrogen-bond donors (Lipinski definition) is 2. The summed E-state index contributed by atoms with van der Waals surface area (Å²) < 4.78 is 0. The first-order chi connectivity index (χ1) is 14.8. The lowest BCUT2D eigenvalue weighted by atomic mass is 9.99. The molecule has 142 valence electrons. The fraction of sp³-hybridized carbons (Fsp3) is 0. The van der Waals surface area contributed by atoms with E-state index in [9.17, 15) is 0 Å². The second kappa shape index (κ2) is 6.50. The Bertz CT molecular complexity index is 1580. The third-order valence-electron chi connectivity index (χ3n) is 5.98. The molecule has 3 N–H and O–H groups in total. The van der Waals surface area contributed by atoms with Gasteiger partial charge in [0.15, 0.2) is 0 Å². The fourth-order valence-electron chi connectivity index (χ4n) is 4.44. The summed E-state index contributed by atoms with van der Waals surface area (Å²) >= 11 is 0. The summed E-state index contributed by atoms with van der Waals surface area (Å²) in [6.45, 7) is 0. The van der Waals surface area contributed by atoms with Crippen LogP contribution < -0.4 is 11.1 Å². The zero-order valence-electron chi connectivity index (χ0n) is 16.4. The minimum atomic E-state index is 0.774. The van der Waals surface area contributed by atoms with Gasteiger partial charge in [0.25, 0.3) is 0 Å². The molecule has 2 heteroatoms. The van der Waals surface area contributed by atoms with Crippen molar-refractivity contribution >= 4 is 60.2 Å². The predicted octanol–water partition coefficient (Wildman–Crippen LogP) is 7.63. The van der Waals surface area contributed by atoms with E-state index in [-0.39, 0.29) is 0 Å². The summed E-state index contributed by atoms with van der Waals surface area (Å²) in [5.41, 5.74) is 9.39. The van der Waals surface area contributed by atoms with Gasteiger partial charge in [0.1, 0.15) is 0 Å². The second-order valence-corrected chi connectivity index (χ2v) is 7.76. The van der Waals surface area contributed by atoms with Crippen molar-refractivity contribution in [2.24, 2.45) is 0 Å². The van der Waals surface area contributed by atoms with E-state index in [2.05, 4.69) is 108 Å². The molecule has 0 aliphatic carbocycles. The van der Waals surface area contributed by atoms with E-state index >= 15 is 0 Å². The van der Waals surface area contributed by atoms with Gasteiger partial charge in [-0.05, 0) is 56.6 Å². The molecule has 0 spiro atoms. The standard InChI is InChI=1S/C28H20N2/c29-28-24-13-12-18-6-3-4-10-22(18)23(24)14-15-27(28)30-26-11-5-9-21-16-19-7-1-2-8-20(19)17-25(21)26/h1-17,30H,29H2. The largest absolute Gasteiger partial charge is 0.397 e. The maximum atomic E-state index is 6.63. The molecule has 0 bridgehead atoms. The van der Waals surface area contributed by atoms with Gasteiger partial charge in [-0.25, -0.2) is 0 Å². The first kappa shape index (κ1) is 16.9. The maximum Gasteiger partial charge on any atom is 0.0633 e. The van der Waals surface area contributed by atoms with E-state index in [4.69, 9.17) is 5.73 Å². The van der Waals surface area contributed by atoms with Crippen LogP contribution in [-0.2, 0) is 0 Å². The molecule has 0 aromatic heterocycles. The number of benzene rings is 6. The van der Waals surface area contributed by atoms with Gasteiger partial charge < -0.3 is 11.1 Å². The average molecular weight is 384 g/mol. The highest BCUT2D eigenvalue weighted by molar-refractivity contribution is 6.14. The summed E-state index contributed by atoms with van der Waals surface area (Å²) in [6.07, 6.45) is 0. The molecular formula is C28H20N2. The first-order valence-electron chi connectivity index (χ1n) is 10.2. The van der Waals surface area contributed by atoms with E-state index in [1.807, 2.05) is 0 Å². The van der Waals surface area contributed by atoms with E-state index in [1.54, 1.807) is 0 Å². The Morgan fingerprint density at radius 2 is 1.13 bits per heavy atom. The number of rotatable bonds is 2. The Morgan fingerprint density at radius 1 is 0.433 bits per heavy atom. The number of nitrogen functional groups attached to an aromatic ring is 1. The number of fused-ring (bicyclic) bond motifs is 5. The Balaban J connectivity index is 1.52. The number of hydrogen-bond acceptors (Lipinski definition) is 2. The van der Waals surface area contributed by atoms with Gasteiger partial charge in [-0.1, -0.05) is 78.9 Å². The zero-order chi connectivity index (χ0) is 20.1. The van der Waals surface area contributed by atoms with E-state index in [0.29, 0.717) is 0 Å². The van der Waals surface area contributed by atoms with E-state index in [1.165, 1.54) is 37.7 Å². The Hall–Kier alpha value is -4.04. The van der Waals surface area contributed by atoms with Crippen molar-refractivity contribution in [1.82, 2.24) is 0 Å². The van der Waals surface area contributed by atoms with Gasteiger partial charge in [-0.15, -0.1) is 0 Å². The van der Waals surface area contributed by atoms with Crippen LogP contribution in [0, 0.1) is 0 Å². The van der Waals surface area contributed by atoms with Crippen LogP contribution in [-0.4, -0.2) is 0 Å². The van der Waals surface area contributed by atoms with Crippen molar-refractivity contribution in [3.63, 3.8) is 0 Å². The van der Waals surface area contributed by atoms with Crippen LogP contribution >= 0.6 is 0 Å². The normalized spacial score (nSPS) is 11.5.